The highest BCUT2D eigenvalue weighted by atomic mass is 79.9. The van der Waals surface area contributed by atoms with Crippen LogP contribution in [0.25, 0.3) is 0 Å². The van der Waals surface area contributed by atoms with Crippen LogP contribution in [0, 0.1) is 0 Å². The summed E-state index contributed by atoms with van der Waals surface area (Å²) in [6.07, 6.45) is 1.83. The Bertz CT molecular complexity index is 288. The van der Waals surface area contributed by atoms with E-state index in [1.807, 2.05) is 18.2 Å². The summed E-state index contributed by atoms with van der Waals surface area (Å²) >= 11 is 9.41. The molecule has 0 fully saturated rings. The predicted octanol–water partition coefficient (Wildman–Crippen LogP) is 3.38. The Morgan fingerprint density at radius 1 is 1.54 bits per heavy atom. The van der Waals surface area contributed by atoms with Crippen molar-refractivity contribution in [3.05, 3.63) is 33.3 Å². The summed E-state index contributed by atoms with van der Waals surface area (Å²) in [5, 5.41) is 0.790. The molecule has 0 aliphatic carbocycles. The molecule has 1 aromatic rings. The maximum Gasteiger partial charge on any atom is 0.0449 e. The van der Waals surface area contributed by atoms with Crippen molar-refractivity contribution in [3.63, 3.8) is 0 Å². The second kappa shape index (κ2) is 4.99. The van der Waals surface area contributed by atoms with Gasteiger partial charge in [0.25, 0.3) is 0 Å². The van der Waals surface area contributed by atoms with E-state index in [1.165, 1.54) is 0 Å². The summed E-state index contributed by atoms with van der Waals surface area (Å²) in [7, 11) is 0. The van der Waals surface area contributed by atoms with Crippen LogP contribution in [0.2, 0.25) is 5.02 Å². The van der Waals surface area contributed by atoms with Gasteiger partial charge in [-0.3, -0.25) is 0 Å². The highest BCUT2D eigenvalue weighted by molar-refractivity contribution is 9.10. The number of rotatable bonds is 3. The van der Waals surface area contributed by atoms with Crippen LogP contribution in [0.4, 0.5) is 0 Å². The smallest absolute Gasteiger partial charge is 0.0449 e. The van der Waals surface area contributed by atoms with E-state index in [1.54, 1.807) is 0 Å². The third kappa shape index (κ3) is 3.29. The van der Waals surface area contributed by atoms with E-state index < -0.39 is 0 Å². The van der Waals surface area contributed by atoms with Gasteiger partial charge in [-0.25, -0.2) is 0 Å². The lowest BCUT2D eigenvalue weighted by Gasteiger charge is -2.10. The van der Waals surface area contributed by atoms with Gasteiger partial charge in [-0.2, -0.15) is 0 Å². The number of hydrogen-bond donors (Lipinski definition) is 1. The summed E-state index contributed by atoms with van der Waals surface area (Å²) in [5.41, 5.74) is 6.97. The molecule has 0 aliphatic rings. The van der Waals surface area contributed by atoms with Gasteiger partial charge in [0.15, 0.2) is 0 Å². The Morgan fingerprint density at radius 2 is 2.23 bits per heavy atom. The Balaban J connectivity index is 2.77. The minimum atomic E-state index is 0.207. The first-order valence-electron chi connectivity index (χ1n) is 4.33. The molecule has 0 radical (unpaired) electrons. The number of hydrogen-bond acceptors (Lipinski definition) is 1. The first-order valence-corrected chi connectivity index (χ1v) is 5.50. The summed E-state index contributed by atoms with van der Waals surface area (Å²) in [6.45, 7) is 2.08. The van der Waals surface area contributed by atoms with Crippen LogP contribution in [-0.4, -0.2) is 6.04 Å². The maximum atomic E-state index is 6.05. The predicted molar refractivity (Wildman–Crippen MR) is 61.1 cm³/mol. The molecule has 0 aliphatic heterocycles. The van der Waals surface area contributed by atoms with Crippen molar-refractivity contribution in [3.8, 4) is 0 Å². The molecule has 0 aromatic heterocycles. The molecule has 2 N–H and O–H groups in total. The minimum absolute atomic E-state index is 0.207. The summed E-state index contributed by atoms with van der Waals surface area (Å²) in [5.74, 6) is 0. The van der Waals surface area contributed by atoms with Gasteiger partial charge in [-0.15, -0.1) is 0 Å². The van der Waals surface area contributed by atoms with Gasteiger partial charge in [-0.1, -0.05) is 40.5 Å². The molecule has 0 heterocycles. The number of nitrogens with two attached hydrogens (primary N) is 1. The fourth-order valence-electron chi connectivity index (χ4n) is 1.11. The average molecular weight is 263 g/mol. The maximum absolute atomic E-state index is 6.05. The van der Waals surface area contributed by atoms with Gasteiger partial charge in [0, 0.05) is 15.5 Å². The Hall–Kier alpha value is -0.0500. The molecule has 3 heteroatoms. The molecular weight excluding hydrogens is 249 g/mol. The lowest BCUT2D eigenvalue weighted by atomic mass is 10.1. The fourth-order valence-corrected chi connectivity index (χ4v) is 1.86. The standard InChI is InChI=1S/C10H13BrClN/c1-2-9(13)5-7-3-4-8(11)6-10(7)12/h3-4,6,9H,2,5,13H2,1H3. The van der Waals surface area contributed by atoms with Crippen LogP contribution in [0.1, 0.15) is 18.9 Å². The van der Waals surface area contributed by atoms with Gasteiger partial charge >= 0.3 is 0 Å². The first-order chi connectivity index (χ1) is 6.13. The highest BCUT2D eigenvalue weighted by Crippen LogP contribution is 2.22. The Kier molecular flexibility index (Phi) is 4.23. The molecule has 0 saturated heterocycles. The molecule has 1 aromatic carbocycles. The summed E-state index contributed by atoms with van der Waals surface area (Å²) < 4.78 is 1.01. The second-order valence-corrected chi connectivity index (χ2v) is 4.43. The molecule has 0 amide bonds. The minimum Gasteiger partial charge on any atom is -0.327 e. The average Bonchev–Trinajstić information content (AvgIpc) is 2.09. The van der Waals surface area contributed by atoms with Crippen LogP contribution >= 0.6 is 27.5 Å². The van der Waals surface area contributed by atoms with Gasteiger partial charge in [-0.05, 0) is 30.5 Å². The molecule has 1 atom stereocenters. The third-order valence-corrected chi connectivity index (χ3v) is 2.87. The lowest BCUT2D eigenvalue weighted by molar-refractivity contribution is 0.646. The molecule has 72 valence electrons. The van der Waals surface area contributed by atoms with E-state index in [9.17, 15) is 0 Å². The van der Waals surface area contributed by atoms with Gasteiger partial charge in [0.1, 0.15) is 0 Å². The zero-order valence-electron chi connectivity index (χ0n) is 7.56. The van der Waals surface area contributed by atoms with Crippen LogP contribution in [0.5, 0.6) is 0 Å². The first kappa shape index (κ1) is 11.0. The topological polar surface area (TPSA) is 26.0 Å². The molecular formula is C10H13BrClN. The molecule has 13 heavy (non-hydrogen) atoms. The number of halogens is 2. The highest BCUT2D eigenvalue weighted by Gasteiger charge is 2.05. The fraction of sp³-hybridized carbons (Fsp3) is 0.400. The van der Waals surface area contributed by atoms with Crippen LogP contribution < -0.4 is 5.73 Å². The van der Waals surface area contributed by atoms with E-state index in [0.717, 1.165) is 27.9 Å². The molecule has 0 spiro atoms. The third-order valence-electron chi connectivity index (χ3n) is 2.02. The molecule has 0 saturated carbocycles. The van der Waals surface area contributed by atoms with Crippen molar-refractivity contribution in [1.82, 2.24) is 0 Å². The molecule has 1 unspecified atom stereocenters. The van der Waals surface area contributed by atoms with Gasteiger partial charge < -0.3 is 5.73 Å². The van der Waals surface area contributed by atoms with E-state index in [-0.39, 0.29) is 6.04 Å². The summed E-state index contributed by atoms with van der Waals surface area (Å²) in [4.78, 5) is 0. The van der Waals surface area contributed by atoms with E-state index in [0.29, 0.717) is 0 Å². The van der Waals surface area contributed by atoms with Crippen molar-refractivity contribution >= 4 is 27.5 Å². The SMILES string of the molecule is CCC(N)Cc1ccc(Br)cc1Cl. The zero-order chi connectivity index (χ0) is 9.84. The van der Waals surface area contributed by atoms with E-state index in [2.05, 4.69) is 22.9 Å². The largest absolute Gasteiger partial charge is 0.327 e. The van der Waals surface area contributed by atoms with Crippen LogP contribution in [0.3, 0.4) is 0 Å². The molecule has 1 rings (SSSR count). The monoisotopic (exact) mass is 261 g/mol. The normalized spacial score (nSPS) is 12.9. The van der Waals surface area contributed by atoms with Gasteiger partial charge in [0.2, 0.25) is 0 Å². The van der Waals surface area contributed by atoms with Crippen molar-refractivity contribution in [2.75, 3.05) is 0 Å². The number of benzene rings is 1. The van der Waals surface area contributed by atoms with Crippen molar-refractivity contribution in [2.24, 2.45) is 5.73 Å². The van der Waals surface area contributed by atoms with Crippen LogP contribution in [-0.2, 0) is 6.42 Å². The van der Waals surface area contributed by atoms with Crippen LogP contribution in [0.15, 0.2) is 22.7 Å². The van der Waals surface area contributed by atoms with Crippen molar-refractivity contribution in [2.45, 2.75) is 25.8 Å². The summed E-state index contributed by atoms with van der Waals surface area (Å²) in [6, 6.07) is 6.11. The Morgan fingerprint density at radius 3 is 2.77 bits per heavy atom. The molecule has 0 bridgehead atoms. The molecule has 1 nitrogen and oxygen atoms in total. The lowest BCUT2D eigenvalue weighted by Crippen LogP contribution is -2.21. The van der Waals surface area contributed by atoms with Crippen molar-refractivity contribution in [1.29, 1.82) is 0 Å². The second-order valence-electron chi connectivity index (χ2n) is 3.11. The Labute approximate surface area is 92.4 Å². The van der Waals surface area contributed by atoms with E-state index in [4.69, 9.17) is 17.3 Å². The zero-order valence-corrected chi connectivity index (χ0v) is 9.90. The van der Waals surface area contributed by atoms with Gasteiger partial charge in [0.05, 0.1) is 0 Å². The quantitative estimate of drug-likeness (QED) is 0.888. The van der Waals surface area contributed by atoms with E-state index >= 15 is 0 Å². The van der Waals surface area contributed by atoms with Crippen molar-refractivity contribution < 1.29 is 0 Å².